The highest BCUT2D eigenvalue weighted by molar-refractivity contribution is 9.10. The first-order chi connectivity index (χ1) is 9.24. The maximum absolute atomic E-state index is 12.3. The van der Waals surface area contributed by atoms with Gasteiger partial charge in [-0.05, 0) is 17.7 Å². The lowest BCUT2D eigenvalue weighted by molar-refractivity contribution is 0.0327. The second-order valence-electron chi connectivity index (χ2n) is 4.98. The van der Waals surface area contributed by atoms with Crippen molar-refractivity contribution in [3.05, 3.63) is 33.8 Å². The topological polar surface area (TPSA) is 32.8 Å². The molecule has 102 valence electrons. The number of morpholine rings is 1. The molecule has 19 heavy (non-hydrogen) atoms. The van der Waals surface area contributed by atoms with Crippen LogP contribution in [0.25, 0.3) is 0 Å². The van der Waals surface area contributed by atoms with Gasteiger partial charge in [-0.2, -0.15) is 0 Å². The van der Waals surface area contributed by atoms with E-state index in [4.69, 9.17) is 4.74 Å². The van der Waals surface area contributed by atoms with Gasteiger partial charge in [0.25, 0.3) is 5.91 Å². The average Bonchev–Trinajstić information content (AvgIpc) is 2.74. The Bertz CT molecular complexity index is 486. The Balaban J connectivity index is 1.60. The molecule has 0 spiro atoms. The maximum Gasteiger partial charge on any atom is 0.254 e. The lowest BCUT2D eigenvalue weighted by Gasteiger charge is -2.28. The summed E-state index contributed by atoms with van der Waals surface area (Å²) in [4.78, 5) is 16.6. The predicted molar refractivity (Wildman–Crippen MR) is 76.1 cm³/mol. The van der Waals surface area contributed by atoms with E-state index in [9.17, 15) is 4.79 Å². The van der Waals surface area contributed by atoms with Gasteiger partial charge in [0.2, 0.25) is 0 Å². The van der Waals surface area contributed by atoms with E-state index >= 15 is 0 Å². The van der Waals surface area contributed by atoms with Gasteiger partial charge in [-0.25, -0.2) is 0 Å². The summed E-state index contributed by atoms with van der Waals surface area (Å²) in [5, 5.41) is 0. The summed E-state index contributed by atoms with van der Waals surface area (Å²) in [7, 11) is 0. The number of rotatable bonds is 3. The summed E-state index contributed by atoms with van der Waals surface area (Å²) < 4.78 is 6.30. The number of amides is 1. The Labute approximate surface area is 121 Å². The molecular weight excluding hydrogens is 308 g/mol. The molecule has 1 amide bonds. The van der Waals surface area contributed by atoms with E-state index in [1.54, 1.807) is 0 Å². The number of hydrogen-bond donors (Lipinski definition) is 0. The van der Waals surface area contributed by atoms with E-state index in [1.165, 1.54) is 0 Å². The van der Waals surface area contributed by atoms with Crippen LogP contribution in [0.1, 0.15) is 15.9 Å². The molecule has 0 N–H and O–H groups in total. The second-order valence-corrected chi connectivity index (χ2v) is 5.90. The van der Waals surface area contributed by atoms with Gasteiger partial charge in [0, 0.05) is 42.8 Å². The minimum absolute atomic E-state index is 0.157. The molecule has 0 aromatic heterocycles. The number of carbonyl (C=O) groups is 1. The summed E-state index contributed by atoms with van der Waals surface area (Å²) in [6, 6.07) is 5.95. The van der Waals surface area contributed by atoms with Gasteiger partial charge < -0.3 is 9.64 Å². The van der Waals surface area contributed by atoms with Gasteiger partial charge in [-0.1, -0.05) is 22.0 Å². The third-order valence-corrected chi connectivity index (χ3v) is 4.23. The molecule has 1 fully saturated rings. The van der Waals surface area contributed by atoms with E-state index in [1.807, 2.05) is 23.1 Å². The van der Waals surface area contributed by atoms with E-state index in [2.05, 4.69) is 20.8 Å². The highest BCUT2D eigenvalue weighted by Crippen LogP contribution is 2.25. The molecule has 0 bridgehead atoms. The molecule has 3 rings (SSSR count). The third kappa shape index (κ3) is 2.83. The molecule has 2 aliphatic heterocycles. The zero-order valence-corrected chi connectivity index (χ0v) is 12.4. The first-order valence-electron chi connectivity index (χ1n) is 6.62. The standard InChI is InChI=1S/C14H17BrN2O2/c15-12-2-1-11-10-17(14(18)13(11)9-12)4-3-16-5-7-19-8-6-16/h1-2,9H,3-8,10H2. The highest BCUT2D eigenvalue weighted by atomic mass is 79.9. The fraction of sp³-hybridized carbons (Fsp3) is 0.500. The highest BCUT2D eigenvalue weighted by Gasteiger charge is 2.27. The fourth-order valence-electron chi connectivity index (χ4n) is 2.60. The van der Waals surface area contributed by atoms with Crippen molar-refractivity contribution in [2.45, 2.75) is 6.54 Å². The SMILES string of the molecule is O=C1c2cc(Br)ccc2CN1CCN1CCOCC1. The maximum atomic E-state index is 12.3. The minimum Gasteiger partial charge on any atom is -0.379 e. The van der Waals surface area contributed by atoms with Crippen molar-refractivity contribution >= 4 is 21.8 Å². The quantitative estimate of drug-likeness (QED) is 0.849. The van der Waals surface area contributed by atoms with Gasteiger partial charge in [-0.3, -0.25) is 9.69 Å². The van der Waals surface area contributed by atoms with Crippen LogP contribution in [0.5, 0.6) is 0 Å². The van der Waals surface area contributed by atoms with Crippen LogP contribution in [0.4, 0.5) is 0 Å². The van der Waals surface area contributed by atoms with E-state index in [0.29, 0.717) is 0 Å². The summed E-state index contributed by atoms with van der Waals surface area (Å²) >= 11 is 3.42. The summed E-state index contributed by atoms with van der Waals surface area (Å²) in [5.41, 5.74) is 1.98. The number of halogens is 1. The molecule has 4 nitrogen and oxygen atoms in total. The van der Waals surface area contributed by atoms with Gasteiger partial charge in [0.1, 0.15) is 0 Å². The van der Waals surface area contributed by atoms with Crippen molar-refractivity contribution in [3.63, 3.8) is 0 Å². The summed E-state index contributed by atoms with van der Waals surface area (Å²) in [6.45, 7) is 6.03. The van der Waals surface area contributed by atoms with Crippen molar-refractivity contribution in [3.8, 4) is 0 Å². The molecule has 0 atom stereocenters. The molecular formula is C14H17BrN2O2. The largest absolute Gasteiger partial charge is 0.379 e. The van der Waals surface area contributed by atoms with E-state index in [-0.39, 0.29) is 5.91 Å². The Hall–Kier alpha value is -0.910. The normalized spacial score (nSPS) is 19.8. The zero-order valence-electron chi connectivity index (χ0n) is 10.8. The molecule has 0 aliphatic carbocycles. The Morgan fingerprint density at radius 3 is 2.79 bits per heavy atom. The van der Waals surface area contributed by atoms with Gasteiger partial charge in [0.15, 0.2) is 0 Å². The Kier molecular flexibility index (Phi) is 3.86. The van der Waals surface area contributed by atoms with Crippen LogP contribution < -0.4 is 0 Å². The first kappa shape index (κ1) is 13.1. The smallest absolute Gasteiger partial charge is 0.254 e. The van der Waals surface area contributed by atoms with Crippen molar-refractivity contribution in [1.82, 2.24) is 9.80 Å². The Morgan fingerprint density at radius 1 is 1.21 bits per heavy atom. The van der Waals surface area contributed by atoms with Crippen molar-refractivity contribution in [1.29, 1.82) is 0 Å². The van der Waals surface area contributed by atoms with Crippen LogP contribution in [-0.4, -0.2) is 55.1 Å². The van der Waals surface area contributed by atoms with Crippen molar-refractivity contribution < 1.29 is 9.53 Å². The molecule has 1 saturated heterocycles. The number of fused-ring (bicyclic) bond motifs is 1. The van der Waals surface area contributed by atoms with Crippen LogP contribution in [0, 0.1) is 0 Å². The summed E-state index contributed by atoms with van der Waals surface area (Å²) in [5.74, 6) is 0.157. The predicted octanol–water partition coefficient (Wildman–Crippen LogP) is 1.74. The molecule has 0 unspecified atom stereocenters. The monoisotopic (exact) mass is 324 g/mol. The molecule has 1 aromatic rings. The van der Waals surface area contributed by atoms with Crippen molar-refractivity contribution in [2.24, 2.45) is 0 Å². The fourth-order valence-corrected chi connectivity index (χ4v) is 2.96. The van der Waals surface area contributed by atoms with Gasteiger partial charge >= 0.3 is 0 Å². The molecule has 2 heterocycles. The van der Waals surface area contributed by atoms with E-state index in [0.717, 1.165) is 61.5 Å². The number of nitrogens with zero attached hydrogens (tertiary/aromatic N) is 2. The van der Waals surface area contributed by atoms with Crippen LogP contribution in [0.3, 0.4) is 0 Å². The van der Waals surface area contributed by atoms with E-state index < -0.39 is 0 Å². The molecule has 0 saturated carbocycles. The van der Waals surface area contributed by atoms with Gasteiger partial charge in [0.05, 0.1) is 13.2 Å². The first-order valence-corrected chi connectivity index (χ1v) is 7.41. The lowest BCUT2D eigenvalue weighted by atomic mass is 10.1. The molecule has 0 radical (unpaired) electrons. The average molecular weight is 325 g/mol. The second kappa shape index (κ2) is 5.61. The van der Waals surface area contributed by atoms with Gasteiger partial charge in [-0.15, -0.1) is 0 Å². The molecule has 2 aliphatic rings. The summed E-state index contributed by atoms with van der Waals surface area (Å²) in [6.07, 6.45) is 0. The van der Waals surface area contributed by atoms with Crippen LogP contribution in [0.15, 0.2) is 22.7 Å². The van der Waals surface area contributed by atoms with Crippen LogP contribution in [-0.2, 0) is 11.3 Å². The van der Waals surface area contributed by atoms with Crippen molar-refractivity contribution in [2.75, 3.05) is 39.4 Å². The number of ether oxygens (including phenoxy) is 1. The van der Waals surface area contributed by atoms with Crippen LogP contribution >= 0.6 is 15.9 Å². The number of hydrogen-bond acceptors (Lipinski definition) is 3. The minimum atomic E-state index is 0.157. The van der Waals surface area contributed by atoms with Crippen LogP contribution in [0.2, 0.25) is 0 Å². The number of benzene rings is 1. The third-order valence-electron chi connectivity index (χ3n) is 3.74. The number of carbonyl (C=O) groups excluding carboxylic acids is 1. The Morgan fingerprint density at radius 2 is 2.00 bits per heavy atom. The molecule has 1 aromatic carbocycles. The zero-order chi connectivity index (χ0) is 13.2. The molecule has 5 heteroatoms. The lowest BCUT2D eigenvalue weighted by Crippen LogP contribution is -2.41.